The number of rotatable bonds is 7. The van der Waals surface area contributed by atoms with Gasteiger partial charge in [-0.25, -0.2) is 8.42 Å². The zero-order valence-electron chi connectivity index (χ0n) is 10.5. The summed E-state index contributed by atoms with van der Waals surface area (Å²) < 4.78 is 26.5. The molecule has 0 aromatic heterocycles. The molecular weight excluding hydrogens is 348 g/mol. The molecule has 0 atom stereocenters. The lowest BCUT2D eigenvalue weighted by Crippen LogP contribution is -2.31. The Morgan fingerprint density at radius 2 is 1.85 bits per heavy atom. The maximum Gasteiger partial charge on any atom is 0.289 e. The van der Waals surface area contributed by atoms with Gasteiger partial charge in [0.05, 0.1) is 4.92 Å². The predicted molar refractivity (Wildman–Crippen MR) is 79.9 cm³/mol. The van der Waals surface area contributed by atoms with Crippen molar-refractivity contribution in [1.29, 1.82) is 0 Å². The summed E-state index contributed by atoms with van der Waals surface area (Å²) in [4.78, 5) is 9.90. The highest BCUT2D eigenvalue weighted by atomic mass is 79.9. The second-order valence-corrected chi connectivity index (χ2v) is 6.59. The third kappa shape index (κ3) is 3.53. The fraction of sp³-hybridized carbons (Fsp3) is 0.167. The Morgan fingerprint density at radius 3 is 2.30 bits per heavy atom. The van der Waals surface area contributed by atoms with E-state index in [9.17, 15) is 18.5 Å². The van der Waals surface area contributed by atoms with Crippen molar-refractivity contribution in [2.45, 2.75) is 4.90 Å². The van der Waals surface area contributed by atoms with Crippen LogP contribution in [0.5, 0.6) is 0 Å². The topological polar surface area (TPSA) is 80.5 Å². The molecule has 0 aliphatic carbocycles. The minimum atomic E-state index is -4.00. The lowest BCUT2D eigenvalue weighted by atomic mass is 10.3. The van der Waals surface area contributed by atoms with Crippen LogP contribution >= 0.6 is 15.9 Å². The van der Waals surface area contributed by atoms with Crippen molar-refractivity contribution in [1.82, 2.24) is 4.31 Å². The molecule has 0 N–H and O–H groups in total. The van der Waals surface area contributed by atoms with Crippen LogP contribution in [-0.2, 0) is 10.0 Å². The van der Waals surface area contributed by atoms with Crippen LogP contribution in [0, 0.1) is 10.1 Å². The number of nitrogens with zero attached hydrogens (tertiary/aromatic N) is 2. The average molecular weight is 361 g/mol. The fourth-order valence-electron chi connectivity index (χ4n) is 1.54. The summed E-state index contributed by atoms with van der Waals surface area (Å²) in [5, 5.41) is 11.0. The number of hydrogen-bond acceptors (Lipinski definition) is 4. The smallest absolute Gasteiger partial charge is 0.258 e. The van der Waals surface area contributed by atoms with Crippen LogP contribution in [0.15, 0.2) is 52.9 Å². The maximum absolute atomic E-state index is 12.5. The predicted octanol–water partition coefficient (Wildman–Crippen LogP) is 2.72. The van der Waals surface area contributed by atoms with Crippen molar-refractivity contribution in [2.75, 3.05) is 13.1 Å². The van der Waals surface area contributed by atoms with E-state index in [1.54, 1.807) is 0 Å². The molecule has 0 saturated carbocycles. The Morgan fingerprint density at radius 1 is 1.30 bits per heavy atom. The number of halogens is 1. The Labute approximate surface area is 125 Å². The first-order valence-electron chi connectivity index (χ1n) is 5.50. The Hall–Kier alpha value is -1.51. The van der Waals surface area contributed by atoms with Gasteiger partial charge in [0, 0.05) is 23.6 Å². The van der Waals surface area contributed by atoms with Gasteiger partial charge in [-0.15, -0.1) is 13.2 Å². The molecule has 8 heteroatoms. The van der Waals surface area contributed by atoms with E-state index >= 15 is 0 Å². The van der Waals surface area contributed by atoms with Crippen molar-refractivity contribution in [2.24, 2.45) is 0 Å². The van der Waals surface area contributed by atoms with Crippen molar-refractivity contribution in [3.8, 4) is 0 Å². The van der Waals surface area contributed by atoms with Gasteiger partial charge in [-0.05, 0) is 12.1 Å². The molecule has 0 aliphatic heterocycles. The first-order chi connectivity index (χ1) is 9.34. The zero-order chi connectivity index (χ0) is 15.3. The molecule has 0 spiro atoms. The van der Waals surface area contributed by atoms with E-state index in [-0.39, 0.29) is 18.0 Å². The molecule has 6 nitrogen and oxygen atoms in total. The highest BCUT2D eigenvalue weighted by molar-refractivity contribution is 9.10. The lowest BCUT2D eigenvalue weighted by molar-refractivity contribution is -0.387. The molecule has 0 radical (unpaired) electrons. The standard InChI is InChI=1S/C12H13BrN2O4S/c1-3-7-14(8-4-2)20(18,19)12-9-10(13)5-6-11(12)15(16)17/h3-6,9H,1-2,7-8H2. The second-order valence-electron chi connectivity index (χ2n) is 3.77. The third-order valence-electron chi connectivity index (χ3n) is 2.40. The molecular formula is C12H13BrN2O4S. The van der Waals surface area contributed by atoms with E-state index < -0.39 is 20.6 Å². The van der Waals surface area contributed by atoms with E-state index in [0.29, 0.717) is 4.47 Å². The Bertz CT molecular complexity index is 633. The van der Waals surface area contributed by atoms with Gasteiger partial charge in [-0.2, -0.15) is 4.31 Å². The monoisotopic (exact) mass is 360 g/mol. The van der Waals surface area contributed by atoms with Crippen LogP contribution in [0.4, 0.5) is 5.69 Å². The van der Waals surface area contributed by atoms with Crippen LogP contribution in [0.2, 0.25) is 0 Å². The average Bonchev–Trinajstić information content (AvgIpc) is 2.38. The Balaban J connectivity index is 3.46. The summed E-state index contributed by atoms with van der Waals surface area (Å²) in [6, 6.07) is 3.78. The molecule has 0 heterocycles. The first-order valence-corrected chi connectivity index (χ1v) is 7.73. The van der Waals surface area contributed by atoms with Gasteiger partial charge >= 0.3 is 0 Å². The molecule has 0 amide bonds. The summed E-state index contributed by atoms with van der Waals surface area (Å²) in [7, 11) is -4.00. The summed E-state index contributed by atoms with van der Waals surface area (Å²) in [6.07, 6.45) is 2.82. The third-order valence-corrected chi connectivity index (χ3v) is 4.76. The summed E-state index contributed by atoms with van der Waals surface area (Å²) in [5.74, 6) is 0. The molecule has 0 unspecified atom stereocenters. The van der Waals surface area contributed by atoms with E-state index in [4.69, 9.17) is 0 Å². The van der Waals surface area contributed by atoms with Crippen LogP contribution in [0.25, 0.3) is 0 Å². The van der Waals surface area contributed by atoms with Crippen molar-refractivity contribution in [3.63, 3.8) is 0 Å². The van der Waals surface area contributed by atoms with Gasteiger partial charge < -0.3 is 0 Å². The lowest BCUT2D eigenvalue weighted by Gasteiger charge is -2.19. The molecule has 0 saturated heterocycles. The van der Waals surface area contributed by atoms with Gasteiger partial charge in [0.1, 0.15) is 0 Å². The van der Waals surface area contributed by atoms with E-state index in [1.807, 2.05) is 0 Å². The summed E-state index contributed by atoms with van der Waals surface area (Å²) in [5.41, 5.74) is -0.466. The molecule has 108 valence electrons. The van der Waals surface area contributed by atoms with Crippen LogP contribution in [-0.4, -0.2) is 30.7 Å². The van der Waals surface area contributed by atoms with Gasteiger partial charge in [-0.1, -0.05) is 28.1 Å². The normalized spacial score (nSPS) is 11.3. The van der Waals surface area contributed by atoms with Crippen LogP contribution in [0.1, 0.15) is 0 Å². The number of benzene rings is 1. The van der Waals surface area contributed by atoms with E-state index in [1.165, 1.54) is 24.3 Å². The number of hydrogen-bond donors (Lipinski definition) is 0. The summed E-state index contributed by atoms with van der Waals surface area (Å²) in [6.45, 7) is 7.04. The fourth-order valence-corrected chi connectivity index (χ4v) is 3.62. The van der Waals surface area contributed by atoms with E-state index in [0.717, 1.165) is 10.4 Å². The van der Waals surface area contributed by atoms with Crippen LogP contribution < -0.4 is 0 Å². The highest BCUT2D eigenvalue weighted by Gasteiger charge is 2.30. The molecule has 1 aromatic rings. The number of sulfonamides is 1. The van der Waals surface area contributed by atoms with Gasteiger partial charge in [0.15, 0.2) is 4.90 Å². The molecule has 20 heavy (non-hydrogen) atoms. The van der Waals surface area contributed by atoms with Crippen molar-refractivity contribution in [3.05, 3.63) is 58.1 Å². The maximum atomic E-state index is 12.5. The molecule has 0 fully saturated rings. The molecule has 1 aromatic carbocycles. The first kappa shape index (κ1) is 16.5. The minimum absolute atomic E-state index is 0.0397. The quantitative estimate of drug-likeness (QED) is 0.425. The van der Waals surface area contributed by atoms with E-state index in [2.05, 4.69) is 29.1 Å². The second kappa shape index (κ2) is 6.78. The SMILES string of the molecule is C=CCN(CC=C)S(=O)(=O)c1cc(Br)ccc1[N+](=O)[O-]. The Kier molecular flexibility index (Phi) is 5.61. The van der Waals surface area contributed by atoms with Gasteiger partial charge in [0.25, 0.3) is 15.7 Å². The van der Waals surface area contributed by atoms with Gasteiger partial charge in [-0.3, -0.25) is 10.1 Å². The zero-order valence-corrected chi connectivity index (χ0v) is 12.9. The van der Waals surface area contributed by atoms with Crippen molar-refractivity contribution >= 4 is 31.6 Å². The molecule has 1 rings (SSSR count). The number of nitro groups is 1. The number of nitro benzene ring substituents is 1. The van der Waals surface area contributed by atoms with Gasteiger partial charge in [0.2, 0.25) is 0 Å². The highest BCUT2D eigenvalue weighted by Crippen LogP contribution is 2.29. The summed E-state index contributed by atoms with van der Waals surface area (Å²) >= 11 is 3.12. The molecule has 0 aliphatic rings. The minimum Gasteiger partial charge on any atom is -0.258 e. The van der Waals surface area contributed by atoms with Crippen LogP contribution in [0.3, 0.4) is 0 Å². The molecule has 0 bridgehead atoms. The van der Waals surface area contributed by atoms with Crippen molar-refractivity contribution < 1.29 is 13.3 Å². The largest absolute Gasteiger partial charge is 0.289 e.